The number of likely N-dealkylation sites (tertiary alicyclic amines) is 3. The number of ether oxygens (including phenoxy) is 1. The van der Waals surface area contributed by atoms with Gasteiger partial charge in [0, 0.05) is 159 Å². The normalized spacial score (nSPS) is 14.3. The fourth-order valence-corrected chi connectivity index (χ4v) is 6.45. The number of nitrogens with two attached hydrogens (primary N) is 1. The molecule has 0 saturated carbocycles. The van der Waals surface area contributed by atoms with E-state index in [-0.39, 0.29) is 29.0 Å². The molecule has 0 amide bonds. The van der Waals surface area contributed by atoms with Crippen LogP contribution in [-0.4, -0.2) is 247 Å². The van der Waals surface area contributed by atoms with Gasteiger partial charge in [0.2, 0.25) is 0 Å². The SMILES string of the molecule is C.C.C.C=CCNC(C)C.CC(C)N.CC(C)N1CCC1.CC(C)NCCF.CC(C)NCCN(C)C.CC(C)NCCN1CC1.CC(C)NCCN1CCC1.CC(C)NCCN1CCCC1.CC(C)NCCc1cnc[nH]1.COC(C)C. The molecular weight excluding hydrogens is 1040 g/mol. The Labute approximate surface area is 520 Å². The minimum atomic E-state index is -0.266. The maximum absolute atomic E-state index is 11.3. The molecule has 1 aromatic heterocycles. The third kappa shape index (κ3) is 96.9. The first kappa shape index (κ1) is 97.6. The van der Waals surface area contributed by atoms with Crippen LogP contribution in [0.1, 0.15) is 192 Å². The average molecular weight is 1200 g/mol. The average Bonchev–Trinajstić information content (AvgIpc) is 3.71. The first-order valence-corrected chi connectivity index (χ1v) is 31.7. The predicted molar refractivity (Wildman–Crippen MR) is 375 cm³/mol. The molecule has 17 heteroatoms. The number of imidazole rings is 1. The summed E-state index contributed by atoms with van der Waals surface area (Å²) in [5.74, 6) is 0. The van der Waals surface area contributed by atoms with Gasteiger partial charge >= 0.3 is 0 Å². The summed E-state index contributed by atoms with van der Waals surface area (Å²) in [5.41, 5.74) is 6.30. The Hall–Kier alpha value is -1.68. The van der Waals surface area contributed by atoms with Gasteiger partial charge in [-0.1, -0.05) is 139 Å². The van der Waals surface area contributed by atoms with Gasteiger partial charge in [0.1, 0.15) is 6.67 Å². The molecule has 0 aliphatic carbocycles. The van der Waals surface area contributed by atoms with E-state index in [1.807, 2.05) is 53.8 Å². The zero-order valence-corrected chi connectivity index (χ0v) is 57.4. The zero-order valence-electron chi connectivity index (χ0n) is 57.4. The van der Waals surface area contributed by atoms with E-state index < -0.39 is 0 Å². The Balaban J connectivity index is -0.000000126. The number of likely N-dealkylation sites (N-methyl/N-ethyl adjacent to an activating group) is 1. The van der Waals surface area contributed by atoms with E-state index in [1.165, 1.54) is 103 Å². The molecule has 5 heterocycles. The molecule has 5 rings (SSSR count). The third-order valence-corrected chi connectivity index (χ3v) is 11.7. The van der Waals surface area contributed by atoms with Crippen molar-refractivity contribution < 1.29 is 9.13 Å². The van der Waals surface area contributed by atoms with Gasteiger partial charge in [-0.15, -0.1) is 6.58 Å². The molecular formula is C66H156FN15O. The fraction of sp³-hybridized carbons (Fsp3) is 0.924. The number of nitrogens with one attached hydrogen (secondary N) is 8. The van der Waals surface area contributed by atoms with Crippen molar-refractivity contribution in [1.29, 1.82) is 0 Å². The highest BCUT2D eigenvalue weighted by Gasteiger charge is 2.16. The quantitative estimate of drug-likeness (QED) is 0.0288. The molecule has 0 unspecified atom stereocenters. The van der Waals surface area contributed by atoms with E-state index in [0.717, 1.165) is 58.3 Å². The van der Waals surface area contributed by atoms with Crippen molar-refractivity contribution in [3.05, 3.63) is 30.9 Å². The van der Waals surface area contributed by atoms with Crippen LogP contribution in [0, 0.1) is 0 Å². The second-order valence-corrected chi connectivity index (χ2v) is 24.4. The summed E-state index contributed by atoms with van der Waals surface area (Å²) in [5, 5.41) is 23.0. The number of nitrogens with zero attached hydrogens (tertiary/aromatic N) is 6. The highest BCUT2D eigenvalue weighted by Crippen LogP contribution is 2.09. The lowest BCUT2D eigenvalue weighted by atomic mass is 10.2. The van der Waals surface area contributed by atoms with Crippen molar-refractivity contribution in [3.63, 3.8) is 0 Å². The van der Waals surface area contributed by atoms with Crippen LogP contribution in [0.15, 0.2) is 25.2 Å². The molecule has 0 bridgehead atoms. The molecule has 0 spiro atoms. The first-order chi connectivity index (χ1) is 37.6. The molecule has 508 valence electrons. The van der Waals surface area contributed by atoms with E-state index in [1.54, 1.807) is 13.4 Å². The van der Waals surface area contributed by atoms with E-state index in [2.05, 4.69) is 189 Å². The van der Waals surface area contributed by atoms with E-state index in [9.17, 15) is 4.39 Å². The second kappa shape index (κ2) is 71.1. The molecule has 4 saturated heterocycles. The molecule has 0 radical (unpaired) electrons. The molecule has 0 aromatic carbocycles. The molecule has 4 aliphatic heterocycles. The fourth-order valence-electron chi connectivity index (χ4n) is 6.45. The number of aromatic amines is 1. The minimum absolute atomic E-state index is 0. The van der Waals surface area contributed by atoms with Crippen LogP contribution in [0.25, 0.3) is 0 Å². The van der Waals surface area contributed by atoms with Crippen molar-refractivity contribution in [2.24, 2.45) is 5.73 Å². The van der Waals surface area contributed by atoms with Crippen LogP contribution in [0.2, 0.25) is 0 Å². The standard InChI is InChI=1S/C9H20N2.C8H15N3.C8H18N2.C7H16N2.C7H18N2.2C6H13N.C5H12FN.C4H10O.C3H9N.3CH4/c1-9(2)10-5-8-11-6-3-4-7-11;1-7(2)10-4-3-8-5-9-6-11-8;1-8(2)9-4-7-10-5-3-6-10;1-7(2)8-3-4-9-5-6-9;1-7(2)8-5-6-9(3)4;1-6(2)7-4-3-5-7;1-4-5-7-6(2)3;1-5(2)7-4-3-6;1-4(2)5-3;1-3(2)4;;;/h9-10H,3-8H2,1-2H3;5-7,10H,3-4H2,1-2H3,(H,9,11);8-9H,3-7H2,1-2H3;7-8H,3-6H2,1-2H3;7-8H,5-6H2,1-4H3;6H,3-5H2,1-2H3;4,6-7H,1,5H2,2-3H3;5,7H,3-4H2,1-2H3;4H,1-3H3;3H,4H2,1-2H3;3*1H4. The van der Waals surface area contributed by atoms with Gasteiger partial charge in [0.25, 0.3) is 0 Å². The number of hydrogen-bond donors (Lipinski definition) is 9. The Kier molecular flexibility index (Phi) is 83.6. The van der Waals surface area contributed by atoms with Gasteiger partial charge in [0.15, 0.2) is 0 Å². The monoisotopic (exact) mass is 1190 g/mol. The number of halogens is 1. The van der Waals surface area contributed by atoms with Gasteiger partial charge in [-0.25, -0.2) is 9.37 Å². The number of alkyl halides is 1. The molecule has 4 aliphatic rings. The maximum Gasteiger partial charge on any atom is 0.102 e. The van der Waals surface area contributed by atoms with Crippen molar-refractivity contribution >= 4 is 0 Å². The Morgan fingerprint density at radius 1 is 0.554 bits per heavy atom. The Morgan fingerprint density at radius 2 is 0.892 bits per heavy atom. The van der Waals surface area contributed by atoms with Crippen LogP contribution < -0.4 is 43.0 Å². The summed E-state index contributed by atoms with van der Waals surface area (Å²) in [6, 6.07) is 5.22. The smallest absolute Gasteiger partial charge is 0.102 e. The molecule has 0 atom stereocenters. The first-order valence-electron chi connectivity index (χ1n) is 31.7. The van der Waals surface area contributed by atoms with Crippen LogP contribution in [0.3, 0.4) is 0 Å². The number of methoxy groups -OCH3 is 1. The van der Waals surface area contributed by atoms with Gasteiger partial charge in [-0.05, 0) is 113 Å². The maximum atomic E-state index is 11.3. The third-order valence-electron chi connectivity index (χ3n) is 11.7. The number of hydrogen-bond acceptors (Lipinski definition) is 15. The predicted octanol–water partition coefficient (Wildman–Crippen LogP) is 10.1. The van der Waals surface area contributed by atoms with Crippen LogP contribution in [-0.2, 0) is 11.2 Å². The van der Waals surface area contributed by atoms with Crippen LogP contribution >= 0.6 is 0 Å². The lowest BCUT2D eigenvalue weighted by Crippen LogP contribution is -2.42. The topological polar surface area (TPSA) is 164 Å². The van der Waals surface area contributed by atoms with Crippen molar-refractivity contribution in [3.8, 4) is 0 Å². The highest BCUT2D eigenvalue weighted by atomic mass is 19.1. The Bertz CT molecular complexity index is 1260. The van der Waals surface area contributed by atoms with E-state index in [4.69, 9.17) is 10.5 Å². The summed E-state index contributed by atoms with van der Waals surface area (Å²) in [7, 11) is 5.87. The van der Waals surface area contributed by atoms with Crippen LogP contribution in [0.4, 0.5) is 4.39 Å². The van der Waals surface area contributed by atoms with Gasteiger partial charge < -0.3 is 72.3 Å². The summed E-state index contributed by atoms with van der Waals surface area (Å²) < 4.78 is 16.0. The van der Waals surface area contributed by atoms with E-state index in [0.29, 0.717) is 61.0 Å². The zero-order chi connectivity index (χ0) is 62.1. The lowest BCUT2D eigenvalue weighted by molar-refractivity contribution is 0.134. The number of aromatic nitrogens is 2. The molecule has 4 fully saturated rings. The number of rotatable bonds is 28. The summed E-state index contributed by atoms with van der Waals surface area (Å²) in [6.07, 6.45) is 12.5. The van der Waals surface area contributed by atoms with Crippen molar-refractivity contribution in [1.82, 2.24) is 71.7 Å². The van der Waals surface area contributed by atoms with Gasteiger partial charge in [0.05, 0.1) is 12.4 Å². The second-order valence-electron chi connectivity index (χ2n) is 24.4. The largest absolute Gasteiger partial charge is 0.382 e. The number of H-pyrrole nitrogens is 1. The van der Waals surface area contributed by atoms with Crippen molar-refractivity contribution in [2.75, 3.05) is 152 Å². The molecule has 16 nitrogen and oxygen atoms in total. The van der Waals surface area contributed by atoms with Gasteiger partial charge in [-0.3, -0.25) is 4.90 Å². The summed E-state index contributed by atoms with van der Waals surface area (Å²) >= 11 is 0. The summed E-state index contributed by atoms with van der Waals surface area (Å²) in [6.45, 7) is 68.0. The van der Waals surface area contributed by atoms with E-state index >= 15 is 0 Å². The van der Waals surface area contributed by atoms with Crippen molar-refractivity contribution in [2.45, 2.75) is 253 Å². The lowest BCUT2D eigenvalue weighted by Gasteiger charge is -2.34. The molecule has 83 heavy (non-hydrogen) atoms. The summed E-state index contributed by atoms with van der Waals surface area (Å²) in [4.78, 5) is 19.1. The Morgan fingerprint density at radius 3 is 1.11 bits per heavy atom. The minimum Gasteiger partial charge on any atom is -0.382 e. The highest BCUT2D eigenvalue weighted by molar-refractivity contribution is 4.94. The molecule has 1 aromatic rings. The molecule has 10 N–H and O–H groups in total. The van der Waals surface area contributed by atoms with Crippen LogP contribution in [0.5, 0.6) is 0 Å². The van der Waals surface area contributed by atoms with Gasteiger partial charge in [-0.2, -0.15) is 0 Å².